The number of benzene rings is 2. The monoisotopic (exact) mass is 632 g/mol. The molecule has 4 saturated heterocycles. The lowest BCUT2D eigenvalue weighted by atomic mass is 9.94. The van der Waals surface area contributed by atoms with Gasteiger partial charge in [-0.3, -0.25) is 14.7 Å². The molecule has 4 aliphatic rings. The van der Waals surface area contributed by atoms with Crippen molar-refractivity contribution in [1.29, 1.82) is 0 Å². The van der Waals surface area contributed by atoms with Crippen LogP contribution >= 0.6 is 0 Å². The zero-order valence-corrected chi connectivity index (χ0v) is 25.5. The van der Waals surface area contributed by atoms with Crippen molar-refractivity contribution >= 4 is 33.4 Å². The van der Waals surface area contributed by atoms with E-state index in [1.54, 1.807) is 6.07 Å². The lowest BCUT2D eigenvalue weighted by Gasteiger charge is -2.38. The molecule has 0 saturated carbocycles. The minimum absolute atomic E-state index is 0.0362. The number of carbonyl (C=O) groups excluding carboxylic acids is 1. The lowest BCUT2D eigenvalue weighted by molar-refractivity contribution is -0.119. The number of hydrogen-bond acceptors (Lipinski definition) is 8. The van der Waals surface area contributed by atoms with Crippen LogP contribution in [-0.2, 0) is 11.2 Å². The summed E-state index contributed by atoms with van der Waals surface area (Å²) in [6.45, 7) is 3.75. The highest BCUT2D eigenvalue weighted by molar-refractivity contribution is 6.02. The molecule has 6 heterocycles. The van der Waals surface area contributed by atoms with Crippen molar-refractivity contribution in [2.75, 3.05) is 31.1 Å². The molecule has 12 heteroatoms. The van der Waals surface area contributed by atoms with Gasteiger partial charge in [0.05, 0.1) is 17.0 Å². The number of phenolic OH excluding ortho intramolecular Hbond substituents is 1. The number of anilines is 1. The molecule has 4 aromatic rings. The largest absolute Gasteiger partial charge is 0.508 e. The predicted octanol–water partition coefficient (Wildman–Crippen LogP) is 5.20. The first-order chi connectivity index (χ1) is 22.2. The van der Waals surface area contributed by atoms with Crippen LogP contribution in [0.3, 0.4) is 0 Å². The molecule has 4 aliphatic heterocycles. The molecular weight excluding hydrogens is 597 g/mol. The molecule has 0 spiro atoms. The number of carbonyl (C=O) groups is 1. The highest BCUT2D eigenvalue weighted by Gasteiger charge is 2.49. The normalized spacial score (nSPS) is 26.1. The Hall–Kier alpha value is -4.19. The average molecular weight is 633 g/mol. The van der Waals surface area contributed by atoms with Gasteiger partial charge < -0.3 is 20.1 Å². The SMILES string of the molecule is CCc1c(F)ccc2cc(O)cc(-c3ncc4c(N5CCC[C@H]6NC(=O)C[C@H]65)nc(OC[C@@]56CCCN5C[C@H](F)C6)nc4c3F)c12. The van der Waals surface area contributed by atoms with Crippen LogP contribution in [0.5, 0.6) is 11.8 Å². The Morgan fingerprint density at radius 2 is 2.04 bits per heavy atom. The summed E-state index contributed by atoms with van der Waals surface area (Å²) in [6.07, 6.45) is 4.94. The van der Waals surface area contributed by atoms with Gasteiger partial charge in [0.2, 0.25) is 5.91 Å². The first-order valence-corrected chi connectivity index (χ1v) is 16.1. The molecule has 4 atom stereocenters. The Bertz CT molecular complexity index is 1890. The van der Waals surface area contributed by atoms with Crippen molar-refractivity contribution in [1.82, 2.24) is 25.2 Å². The number of amides is 1. The summed E-state index contributed by atoms with van der Waals surface area (Å²) in [5, 5.41) is 15.0. The molecule has 9 nitrogen and oxygen atoms in total. The molecule has 4 fully saturated rings. The maximum absolute atomic E-state index is 16.9. The number of aromatic hydroxyl groups is 1. The zero-order valence-electron chi connectivity index (χ0n) is 25.5. The number of aromatic nitrogens is 3. The summed E-state index contributed by atoms with van der Waals surface area (Å²) < 4.78 is 52.6. The quantitative estimate of drug-likeness (QED) is 0.299. The van der Waals surface area contributed by atoms with E-state index in [4.69, 9.17) is 9.72 Å². The van der Waals surface area contributed by atoms with E-state index < -0.39 is 23.3 Å². The first-order valence-electron chi connectivity index (χ1n) is 16.1. The minimum Gasteiger partial charge on any atom is -0.508 e. The van der Waals surface area contributed by atoms with Gasteiger partial charge >= 0.3 is 6.01 Å². The number of alkyl halides is 1. The van der Waals surface area contributed by atoms with Crippen LogP contribution in [0.2, 0.25) is 0 Å². The summed E-state index contributed by atoms with van der Waals surface area (Å²) in [7, 11) is 0. The topological polar surface area (TPSA) is 104 Å². The Balaban J connectivity index is 1.29. The highest BCUT2D eigenvalue weighted by atomic mass is 19.1. The van der Waals surface area contributed by atoms with E-state index in [0.29, 0.717) is 53.5 Å². The molecule has 8 rings (SSSR count). The van der Waals surface area contributed by atoms with Crippen molar-refractivity contribution in [2.24, 2.45) is 0 Å². The second kappa shape index (κ2) is 11.0. The summed E-state index contributed by atoms with van der Waals surface area (Å²) in [6, 6.07) is 5.53. The van der Waals surface area contributed by atoms with Gasteiger partial charge in [-0.2, -0.15) is 9.97 Å². The number of pyridine rings is 1. The fourth-order valence-electron chi connectivity index (χ4n) is 8.37. The molecule has 46 heavy (non-hydrogen) atoms. The molecule has 1 amide bonds. The summed E-state index contributed by atoms with van der Waals surface area (Å²) in [5.41, 5.74) is 0.0551. The van der Waals surface area contributed by atoms with E-state index in [9.17, 15) is 18.7 Å². The number of hydrogen-bond donors (Lipinski definition) is 2. The maximum Gasteiger partial charge on any atom is 0.319 e. The zero-order chi connectivity index (χ0) is 31.7. The smallest absolute Gasteiger partial charge is 0.319 e. The van der Waals surface area contributed by atoms with Gasteiger partial charge in [0, 0.05) is 43.7 Å². The van der Waals surface area contributed by atoms with E-state index in [-0.39, 0.29) is 59.6 Å². The average Bonchev–Trinajstić information content (AvgIpc) is 3.70. The van der Waals surface area contributed by atoms with Crippen LogP contribution in [0.15, 0.2) is 30.5 Å². The molecular formula is C34H35F3N6O3. The van der Waals surface area contributed by atoms with E-state index in [1.165, 1.54) is 24.4 Å². The van der Waals surface area contributed by atoms with Crippen LogP contribution in [0.4, 0.5) is 19.0 Å². The number of piperidine rings is 1. The van der Waals surface area contributed by atoms with Crippen LogP contribution in [0.1, 0.15) is 51.0 Å². The summed E-state index contributed by atoms with van der Waals surface area (Å²) in [4.78, 5) is 30.5. The third-order valence-corrected chi connectivity index (χ3v) is 10.4. The van der Waals surface area contributed by atoms with Gasteiger partial charge in [-0.25, -0.2) is 13.2 Å². The highest BCUT2D eigenvalue weighted by Crippen LogP contribution is 2.42. The molecule has 2 N–H and O–H groups in total. The number of phenols is 1. The molecule has 2 aromatic heterocycles. The number of nitrogens with zero attached hydrogens (tertiary/aromatic N) is 5. The summed E-state index contributed by atoms with van der Waals surface area (Å²) >= 11 is 0. The van der Waals surface area contributed by atoms with Crippen LogP contribution in [0, 0.1) is 11.6 Å². The van der Waals surface area contributed by atoms with Crippen molar-refractivity contribution < 1.29 is 27.8 Å². The number of rotatable bonds is 6. The standard InChI is InChI=1S/C34H35F3N6O3/c1-2-21-24(36)7-6-18-11-20(44)12-22(28(18)21)30-29(37)31-23(15-38-30)32(43-10-3-5-25-26(43)13-27(45)39-25)41-33(40-31)46-17-34-8-4-9-42(34)16-19(35)14-34/h6-7,11-12,15,19,25-26,44H,2-5,8-10,13-14,16-17H2,1H3,(H,39,45)/t19-,25-,26-,34+/m1/s1. The maximum atomic E-state index is 16.9. The lowest BCUT2D eigenvalue weighted by Crippen LogP contribution is -2.49. The second-order valence-corrected chi connectivity index (χ2v) is 13.1. The van der Waals surface area contributed by atoms with Crippen molar-refractivity contribution in [3.63, 3.8) is 0 Å². The Kier molecular flexibility index (Phi) is 6.97. The van der Waals surface area contributed by atoms with E-state index in [2.05, 4.69) is 20.2 Å². The van der Waals surface area contributed by atoms with Gasteiger partial charge in [-0.05, 0) is 73.2 Å². The number of fused-ring (bicyclic) bond motifs is 4. The third-order valence-electron chi connectivity index (χ3n) is 10.4. The van der Waals surface area contributed by atoms with Gasteiger partial charge in [0.15, 0.2) is 5.82 Å². The number of ether oxygens (including phenoxy) is 1. The van der Waals surface area contributed by atoms with Gasteiger partial charge in [0.1, 0.15) is 41.4 Å². The predicted molar refractivity (Wildman–Crippen MR) is 167 cm³/mol. The number of nitrogens with one attached hydrogen (secondary N) is 1. The molecule has 0 unspecified atom stereocenters. The van der Waals surface area contributed by atoms with E-state index in [1.807, 2.05) is 11.8 Å². The van der Waals surface area contributed by atoms with Crippen molar-refractivity contribution in [2.45, 2.75) is 75.7 Å². The Morgan fingerprint density at radius 3 is 2.89 bits per heavy atom. The fourth-order valence-corrected chi connectivity index (χ4v) is 8.37. The number of halogens is 3. The molecule has 0 bridgehead atoms. The first kappa shape index (κ1) is 29.2. The van der Waals surface area contributed by atoms with Crippen molar-refractivity contribution in [3.05, 3.63) is 47.7 Å². The van der Waals surface area contributed by atoms with E-state index in [0.717, 1.165) is 32.2 Å². The molecule has 0 aliphatic carbocycles. The molecule has 0 radical (unpaired) electrons. The second-order valence-electron chi connectivity index (χ2n) is 13.1. The van der Waals surface area contributed by atoms with E-state index >= 15 is 4.39 Å². The third kappa shape index (κ3) is 4.63. The van der Waals surface area contributed by atoms with Crippen LogP contribution < -0.4 is 15.0 Å². The van der Waals surface area contributed by atoms with Gasteiger partial charge in [0.25, 0.3) is 0 Å². The van der Waals surface area contributed by atoms with Crippen LogP contribution in [-0.4, -0.2) is 80.9 Å². The minimum atomic E-state index is -0.935. The van der Waals surface area contributed by atoms with Gasteiger partial charge in [-0.1, -0.05) is 13.0 Å². The molecule has 240 valence electrons. The summed E-state index contributed by atoms with van der Waals surface area (Å²) in [5.74, 6) is -0.915. The van der Waals surface area contributed by atoms with Crippen LogP contribution in [0.25, 0.3) is 32.9 Å². The van der Waals surface area contributed by atoms with Gasteiger partial charge in [-0.15, -0.1) is 0 Å². The van der Waals surface area contributed by atoms with Crippen molar-refractivity contribution in [3.8, 4) is 23.0 Å². The Morgan fingerprint density at radius 1 is 1.17 bits per heavy atom. The molecule has 2 aromatic carbocycles. The number of aryl methyl sites for hydroxylation is 1. The Labute approximate surface area is 263 Å². The fraction of sp³-hybridized carbons (Fsp3) is 0.471.